The molecule has 158 valence electrons. The first-order chi connectivity index (χ1) is 16.8. The van der Waals surface area contributed by atoms with E-state index in [2.05, 4.69) is 114 Å². The van der Waals surface area contributed by atoms with Crippen LogP contribution >= 0.6 is 0 Å². The van der Waals surface area contributed by atoms with Gasteiger partial charge in [0, 0.05) is 32.6 Å². The van der Waals surface area contributed by atoms with Gasteiger partial charge in [-0.3, -0.25) is 0 Å². The Hall–Kier alpha value is -4.56. The maximum atomic E-state index is 6.23. The summed E-state index contributed by atoms with van der Waals surface area (Å²) in [6, 6.07) is 38.9. The summed E-state index contributed by atoms with van der Waals surface area (Å²) in [6.07, 6.45) is 0. The van der Waals surface area contributed by atoms with Crippen molar-refractivity contribution in [3.8, 4) is 11.1 Å². The molecular formula is C32H19NO. The molecule has 2 heterocycles. The van der Waals surface area contributed by atoms with Crippen LogP contribution in [0.4, 0.5) is 0 Å². The van der Waals surface area contributed by atoms with Gasteiger partial charge in [0.05, 0.1) is 5.52 Å². The Labute approximate surface area is 195 Å². The van der Waals surface area contributed by atoms with E-state index in [1.165, 1.54) is 59.9 Å². The van der Waals surface area contributed by atoms with Gasteiger partial charge < -0.3 is 9.40 Å². The highest BCUT2D eigenvalue weighted by molar-refractivity contribution is 6.23. The fourth-order valence-corrected chi connectivity index (χ4v) is 5.65. The highest BCUT2D eigenvalue weighted by atomic mass is 16.3. The Morgan fingerprint density at radius 3 is 2.06 bits per heavy atom. The molecule has 0 aliphatic heterocycles. The molecule has 0 aliphatic carbocycles. The first-order valence-corrected chi connectivity index (χ1v) is 11.6. The predicted molar refractivity (Wildman–Crippen MR) is 144 cm³/mol. The highest BCUT2D eigenvalue weighted by Gasteiger charge is 2.15. The summed E-state index contributed by atoms with van der Waals surface area (Å²) in [7, 11) is 0. The van der Waals surface area contributed by atoms with Crippen molar-refractivity contribution in [3.63, 3.8) is 0 Å². The molecule has 0 saturated carbocycles. The third-order valence-electron chi connectivity index (χ3n) is 7.19. The third-order valence-corrected chi connectivity index (χ3v) is 7.19. The van der Waals surface area contributed by atoms with Gasteiger partial charge in [-0.1, -0.05) is 84.9 Å². The van der Waals surface area contributed by atoms with Crippen molar-refractivity contribution >= 4 is 65.3 Å². The molecule has 6 aromatic carbocycles. The molecule has 2 nitrogen and oxygen atoms in total. The summed E-state index contributed by atoms with van der Waals surface area (Å²) < 4.78 is 6.23. The summed E-state index contributed by atoms with van der Waals surface area (Å²) in [4.78, 5) is 3.72. The number of furan rings is 1. The van der Waals surface area contributed by atoms with E-state index < -0.39 is 0 Å². The van der Waals surface area contributed by atoms with Gasteiger partial charge in [0.1, 0.15) is 11.2 Å². The van der Waals surface area contributed by atoms with Crippen molar-refractivity contribution in [2.45, 2.75) is 0 Å². The number of benzene rings is 6. The van der Waals surface area contributed by atoms with Crippen LogP contribution in [0.1, 0.15) is 0 Å². The molecular weight excluding hydrogens is 414 g/mol. The van der Waals surface area contributed by atoms with Gasteiger partial charge in [0.25, 0.3) is 0 Å². The molecule has 2 aromatic heterocycles. The fourth-order valence-electron chi connectivity index (χ4n) is 5.65. The summed E-state index contributed by atoms with van der Waals surface area (Å²) in [5, 5.41) is 9.89. The normalized spacial score (nSPS) is 12.1. The standard InChI is InChI=1S/C32H19NO/c1-3-8-22-19(6-1)12-15-27-30(22)25-11-5-10-24(32(25)33-27)21-14-16-28-26(18-21)31-23-9-4-2-7-20(23)13-17-29(31)34-28/h1-18,33H. The van der Waals surface area contributed by atoms with Crippen LogP contribution in [0.5, 0.6) is 0 Å². The topological polar surface area (TPSA) is 28.9 Å². The van der Waals surface area contributed by atoms with Gasteiger partial charge in [-0.05, 0) is 51.4 Å². The van der Waals surface area contributed by atoms with Gasteiger partial charge in [-0.25, -0.2) is 0 Å². The minimum Gasteiger partial charge on any atom is -0.456 e. The maximum absolute atomic E-state index is 6.23. The molecule has 0 unspecified atom stereocenters. The lowest BCUT2D eigenvalue weighted by Crippen LogP contribution is -1.81. The van der Waals surface area contributed by atoms with Crippen molar-refractivity contribution in [1.29, 1.82) is 0 Å². The van der Waals surface area contributed by atoms with Crippen LogP contribution in [0.3, 0.4) is 0 Å². The minimum absolute atomic E-state index is 0.921. The summed E-state index contributed by atoms with van der Waals surface area (Å²) >= 11 is 0. The van der Waals surface area contributed by atoms with Crippen molar-refractivity contribution in [2.24, 2.45) is 0 Å². The van der Waals surface area contributed by atoms with Gasteiger partial charge in [-0.15, -0.1) is 0 Å². The molecule has 0 saturated heterocycles. The summed E-state index contributed by atoms with van der Waals surface area (Å²) in [6.45, 7) is 0. The molecule has 8 aromatic rings. The summed E-state index contributed by atoms with van der Waals surface area (Å²) in [5.41, 5.74) is 6.58. The van der Waals surface area contributed by atoms with E-state index in [0.29, 0.717) is 0 Å². The van der Waals surface area contributed by atoms with E-state index >= 15 is 0 Å². The third kappa shape index (κ3) is 2.35. The first-order valence-electron chi connectivity index (χ1n) is 11.6. The second-order valence-corrected chi connectivity index (χ2v) is 9.04. The zero-order valence-electron chi connectivity index (χ0n) is 18.3. The lowest BCUT2D eigenvalue weighted by Gasteiger charge is -2.05. The number of para-hydroxylation sites is 1. The van der Waals surface area contributed by atoms with Crippen LogP contribution in [-0.4, -0.2) is 4.98 Å². The van der Waals surface area contributed by atoms with Gasteiger partial charge in [0.15, 0.2) is 0 Å². The predicted octanol–water partition coefficient (Wildman–Crippen LogP) is 9.19. The van der Waals surface area contributed by atoms with Gasteiger partial charge >= 0.3 is 0 Å². The smallest absolute Gasteiger partial charge is 0.136 e. The SMILES string of the molecule is c1ccc2c(c1)ccc1[nH]c3c(-c4ccc5oc6ccc7ccccc7c6c5c4)cccc3c12. The second kappa shape index (κ2) is 6.49. The number of aromatic nitrogens is 1. The number of rotatable bonds is 1. The Bertz CT molecular complexity index is 2070. The Morgan fingerprint density at radius 1 is 0.500 bits per heavy atom. The van der Waals surface area contributed by atoms with E-state index in [0.717, 1.165) is 16.6 Å². The average molecular weight is 434 g/mol. The van der Waals surface area contributed by atoms with E-state index in [1.54, 1.807) is 0 Å². The number of hydrogen-bond donors (Lipinski definition) is 1. The number of nitrogens with one attached hydrogen (secondary N) is 1. The number of H-pyrrole nitrogens is 1. The van der Waals surface area contributed by atoms with Crippen molar-refractivity contribution in [3.05, 3.63) is 109 Å². The fraction of sp³-hybridized carbons (Fsp3) is 0. The van der Waals surface area contributed by atoms with Crippen LogP contribution in [0.15, 0.2) is 114 Å². The molecule has 2 heteroatoms. The average Bonchev–Trinajstić information content (AvgIpc) is 3.47. The molecule has 1 N–H and O–H groups in total. The molecule has 0 spiro atoms. The largest absolute Gasteiger partial charge is 0.456 e. The molecule has 0 bridgehead atoms. The van der Waals surface area contributed by atoms with E-state index in [1.807, 2.05) is 0 Å². The Kier molecular flexibility index (Phi) is 3.42. The van der Waals surface area contributed by atoms with Crippen LogP contribution in [0.2, 0.25) is 0 Å². The lowest BCUT2D eigenvalue weighted by atomic mass is 9.98. The van der Waals surface area contributed by atoms with Crippen LogP contribution < -0.4 is 0 Å². The van der Waals surface area contributed by atoms with Crippen molar-refractivity contribution in [1.82, 2.24) is 4.98 Å². The Morgan fingerprint density at radius 2 is 1.21 bits per heavy atom. The summed E-state index contributed by atoms with van der Waals surface area (Å²) in [5.74, 6) is 0. The monoisotopic (exact) mass is 433 g/mol. The van der Waals surface area contributed by atoms with Crippen molar-refractivity contribution in [2.75, 3.05) is 0 Å². The number of fused-ring (bicyclic) bond motifs is 10. The quantitative estimate of drug-likeness (QED) is 0.275. The molecule has 0 amide bonds. The lowest BCUT2D eigenvalue weighted by molar-refractivity contribution is 0.669. The van der Waals surface area contributed by atoms with Gasteiger partial charge in [0.2, 0.25) is 0 Å². The zero-order chi connectivity index (χ0) is 22.2. The minimum atomic E-state index is 0.921. The molecule has 34 heavy (non-hydrogen) atoms. The molecule has 0 radical (unpaired) electrons. The number of aromatic amines is 1. The van der Waals surface area contributed by atoms with Crippen LogP contribution in [0, 0.1) is 0 Å². The maximum Gasteiger partial charge on any atom is 0.136 e. The van der Waals surface area contributed by atoms with E-state index in [4.69, 9.17) is 4.42 Å². The van der Waals surface area contributed by atoms with Crippen molar-refractivity contribution < 1.29 is 4.42 Å². The molecule has 8 rings (SSSR count). The first kappa shape index (κ1) is 17.9. The second-order valence-electron chi connectivity index (χ2n) is 9.04. The molecule has 0 fully saturated rings. The van der Waals surface area contributed by atoms with Crippen LogP contribution in [-0.2, 0) is 0 Å². The zero-order valence-corrected chi connectivity index (χ0v) is 18.3. The van der Waals surface area contributed by atoms with Crippen LogP contribution in [0.25, 0.3) is 76.4 Å². The molecule has 0 atom stereocenters. The van der Waals surface area contributed by atoms with E-state index in [-0.39, 0.29) is 0 Å². The van der Waals surface area contributed by atoms with Gasteiger partial charge in [-0.2, -0.15) is 0 Å². The highest BCUT2D eigenvalue weighted by Crippen LogP contribution is 2.40. The van der Waals surface area contributed by atoms with E-state index in [9.17, 15) is 0 Å². The number of hydrogen-bond acceptors (Lipinski definition) is 1. The Balaban J connectivity index is 1.45. The molecule has 0 aliphatic rings.